The molecule has 2 aromatic carbocycles. The third-order valence-corrected chi connectivity index (χ3v) is 10.8. The number of rotatable bonds is 13. The summed E-state index contributed by atoms with van der Waals surface area (Å²) < 4.78 is 17.9. The minimum absolute atomic E-state index is 0.132. The average Bonchev–Trinajstić information content (AvgIpc) is 3.52. The molecule has 1 saturated heterocycles. The Morgan fingerprint density at radius 1 is 1.04 bits per heavy atom. The summed E-state index contributed by atoms with van der Waals surface area (Å²) in [5.74, 6) is -1.04. The summed E-state index contributed by atoms with van der Waals surface area (Å²) in [5.41, 5.74) is 1.33. The van der Waals surface area contributed by atoms with Crippen LogP contribution in [0.2, 0.25) is 10.0 Å². The van der Waals surface area contributed by atoms with E-state index in [9.17, 15) is 19.9 Å². The topological polar surface area (TPSA) is 121 Å². The highest BCUT2D eigenvalue weighted by atomic mass is 35.5. The van der Waals surface area contributed by atoms with E-state index in [0.717, 1.165) is 53.1 Å². The molecule has 0 radical (unpaired) electrons. The number of nitrogens with zero attached hydrogens (tertiary/aromatic N) is 2. The van der Waals surface area contributed by atoms with Gasteiger partial charge < -0.3 is 24.2 Å². The highest BCUT2D eigenvalue weighted by Crippen LogP contribution is 2.41. The van der Waals surface area contributed by atoms with E-state index in [-0.39, 0.29) is 40.0 Å². The van der Waals surface area contributed by atoms with Crippen molar-refractivity contribution in [2.24, 2.45) is 0 Å². The molecule has 10 nitrogen and oxygen atoms in total. The maximum atomic E-state index is 13.9. The largest absolute Gasteiger partial charge is 0.493 e. The summed E-state index contributed by atoms with van der Waals surface area (Å²) in [4.78, 5) is 29.7. The van der Waals surface area contributed by atoms with E-state index in [1.807, 2.05) is 42.5 Å². The summed E-state index contributed by atoms with van der Waals surface area (Å²) in [5, 5.41) is 24.3. The molecule has 13 heteroatoms. The van der Waals surface area contributed by atoms with Crippen LogP contribution < -0.4 is 19.5 Å². The number of esters is 1. The Morgan fingerprint density at radius 2 is 1.69 bits per heavy atom. The number of methoxy groups -OCH3 is 2. The second-order valence-corrected chi connectivity index (χ2v) is 14.2. The number of hydrogen-bond acceptors (Lipinski definition) is 9. The molecule has 0 bridgehead atoms. The van der Waals surface area contributed by atoms with Crippen LogP contribution >= 0.6 is 34.5 Å². The average molecular weight is 730 g/mol. The van der Waals surface area contributed by atoms with Crippen molar-refractivity contribution in [3.8, 4) is 11.5 Å². The fourth-order valence-electron chi connectivity index (χ4n) is 6.09. The van der Waals surface area contributed by atoms with Crippen LogP contribution in [0.15, 0.2) is 67.0 Å². The van der Waals surface area contributed by atoms with Crippen molar-refractivity contribution in [1.29, 1.82) is 0 Å². The summed E-state index contributed by atoms with van der Waals surface area (Å²) in [6.07, 6.45) is 4.20. The minimum atomic E-state index is -1.20. The fraction of sp³-hybridized carbons (Fsp3) is 0.361. The molecule has 260 valence electrons. The first kappa shape index (κ1) is 36.4. The van der Waals surface area contributed by atoms with Crippen molar-refractivity contribution in [2.45, 2.75) is 50.3 Å². The summed E-state index contributed by atoms with van der Waals surface area (Å²) in [6, 6.07) is 16.6. The highest BCUT2D eigenvalue weighted by molar-refractivity contribution is 7.14. The molecule has 2 atom stereocenters. The molecule has 0 saturated carbocycles. The van der Waals surface area contributed by atoms with Crippen molar-refractivity contribution >= 4 is 46.5 Å². The number of piperidine rings is 1. The molecular formula is C36H40Cl2N3O7S+. The van der Waals surface area contributed by atoms with Gasteiger partial charge in [-0.3, -0.25) is 10.5 Å². The van der Waals surface area contributed by atoms with Gasteiger partial charge in [-0.2, -0.15) is 0 Å². The Kier molecular flexibility index (Phi) is 11.7. The number of carbonyl (C=O) groups is 2. The van der Waals surface area contributed by atoms with Gasteiger partial charge in [0, 0.05) is 40.7 Å². The van der Waals surface area contributed by atoms with E-state index in [0.29, 0.717) is 27.5 Å². The zero-order valence-electron chi connectivity index (χ0n) is 27.7. The van der Waals surface area contributed by atoms with Gasteiger partial charge in [-0.1, -0.05) is 59.6 Å². The standard InChI is InChI=1S/C36H39Cl2N3O7S/c1-36(23-8-6-5-7-9-23,35(44)48-24-12-14-40(2)15-13-24)39-19-25-17-27(33(49-25)34(42)43)26(18-28-29(37)20-41(45)21-30(28)38)22-10-11-31(46-3)32(16-22)47-4/h5-11,16-17,20-21,24,26,39H,12-15,18-19H2,1-4H3,(H-,42,43,45)/p+1/t26-,36?/m0/s1. The van der Waals surface area contributed by atoms with Crippen molar-refractivity contribution < 1.29 is 38.8 Å². The zero-order valence-corrected chi connectivity index (χ0v) is 30.1. The van der Waals surface area contributed by atoms with Gasteiger partial charge in [-0.05, 0) is 68.1 Å². The molecule has 3 N–H and O–H groups in total. The lowest BCUT2D eigenvalue weighted by molar-refractivity contribution is -0.904. The number of aromatic nitrogens is 1. The molecule has 1 fully saturated rings. The van der Waals surface area contributed by atoms with E-state index in [1.54, 1.807) is 19.1 Å². The third-order valence-electron chi connectivity index (χ3n) is 8.98. The second kappa shape index (κ2) is 15.8. The van der Waals surface area contributed by atoms with Crippen LogP contribution in [0.5, 0.6) is 11.5 Å². The van der Waals surface area contributed by atoms with Crippen molar-refractivity contribution in [2.75, 3.05) is 34.4 Å². The molecule has 3 heterocycles. The molecule has 5 rings (SSSR count). The Labute approximate surface area is 299 Å². The van der Waals surface area contributed by atoms with Crippen LogP contribution in [0.1, 0.15) is 62.5 Å². The molecule has 0 amide bonds. The van der Waals surface area contributed by atoms with Gasteiger partial charge in [0.25, 0.3) is 0 Å². The molecule has 0 aliphatic carbocycles. The van der Waals surface area contributed by atoms with Gasteiger partial charge in [0.2, 0.25) is 12.4 Å². The smallest absolute Gasteiger partial charge is 0.346 e. The Bertz CT molecular complexity index is 1770. The van der Waals surface area contributed by atoms with Crippen LogP contribution in [-0.2, 0) is 28.0 Å². The quantitative estimate of drug-likeness (QED) is 0.0826. The Morgan fingerprint density at radius 3 is 2.31 bits per heavy atom. The van der Waals surface area contributed by atoms with Crippen LogP contribution in [0.25, 0.3) is 0 Å². The second-order valence-electron chi connectivity index (χ2n) is 12.2. The summed E-state index contributed by atoms with van der Waals surface area (Å²) in [6.45, 7) is 3.69. The molecule has 4 aromatic rings. The number of hydrogen-bond donors (Lipinski definition) is 3. The normalized spacial score (nSPS) is 15.7. The number of ether oxygens (including phenoxy) is 3. The van der Waals surface area contributed by atoms with Crippen LogP contribution in [-0.4, -0.2) is 67.6 Å². The molecule has 0 spiro atoms. The molecule has 49 heavy (non-hydrogen) atoms. The van der Waals surface area contributed by atoms with E-state index in [1.165, 1.54) is 26.6 Å². The van der Waals surface area contributed by atoms with Crippen molar-refractivity contribution in [3.05, 3.63) is 109 Å². The summed E-state index contributed by atoms with van der Waals surface area (Å²) in [7, 11) is 5.12. The van der Waals surface area contributed by atoms with Gasteiger partial charge in [0.05, 0.1) is 14.2 Å². The minimum Gasteiger partial charge on any atom is -0.493 e. The highest BCUT2D eigenvalue weighted by Gasteiger charge is 2.39. The van der Waals surface area contributed by atoms with Crippen molar-refractivity contribution in [1.82, 2.24) is 10.2 Å². The number of halogens is 2. The maximum Gasteiger partial charge on any atom is 0.346 e. The Hall–Kier alpha value is -3.87. The number of pyridine rings is 1. The monoisotopic (exact) mass is 728 g/mol. The number of aromatic carboxylic acids is 1. The number of likely N-dealkylation sites (tertiary alicyclic amines) is 1. The number of thiophene rings is 1. The number of carbonyl (C=O) groups excluding carboxylic acids is 1. The predicted molar refractivity (Wildman–Crippen MR) is 187 cm³/mol. The lowest BCUT2D eigenvalue weighted by Gasteiger charge is -2.34. The zero-order chi connectivity index (χ0) is 35.3. The van der Waals surface area contributed by atoms with Gasteiger partial charge in [-0.25, -0.2) is 9.59 Å². The lowest BCUT2D eigenvalue weighted by Crippen LogP contribution is -2.49. The van der Waals surface area contributed by atoms with Crippen molar-refractivity contribution in [3.63, 3.8) is 0 Å². The number of nitrogens with one attached hydrogen (secondary N) is 1. The fourth-order valence-corrected chi connectivity index (χ4v) is 7.69. The number of carboxylic acids is 1. The van der Waals surface area contributed by atoms with E-state index < -0.39 is 17.4 Å². The van der Waals surface area contributed by atoms with Crippen LogP contribution in [0.3, 0.4) is 0 Å². The lowest BCUT2D eigenvalue weighted by atomic mass is 9.85. The first-order valence-corrected chi connectivity index (χ1v) is 17.4. The third kappa shape index (κ3) is 8.30. The summed E-state index contributed by atoms with van der Waals surface area (Å²) >= 11 is 14.2. The molecule has 1 aliphatic rings. The number of carboxylic acid groups (broad SMARTS) is 1. The molecule has 1 unspecified atom stereocenters. The van der Waals surface area contributed by atoms with Gasteiger partial charge in [-0.15, -0.1) is 11.3 Å². The molecular weight excluding hydrogens is 689 g/mol. The molecule has 2 aromatic heterocycles. The first-order chi connectivity index (χ1) is 23.4. The van der Waals surface area contributed by atoms with Crippen LogP contribution in [0, 0.1) is 0 Å². The van der Waals surface area contributed by atoms with E-state index in [4.69, 9.17) is 37.4 Å². The molecule has 1 aliphatic heterocycles. The SMILES string of the molecule is COc1ccc([C@H](Cc2c(Cl)c[n+](O)cc2Cl)c2cc(CNC(C)(C(=O)OC3CCN(C)CC3)c3ccccc3)sc2C(=O)O)cc1OC. The predicted octanol–water partition coefficient (Wildman–Crippen LogP) is 6.31. The first-order valence-electron chi connectivity index (χ1n) is 15.8. The van der Waals surface area contributed by atoms with E-state index in [2.05, 4.69) is 17.3 Å². The van der Waals surface area contributed by atoms with Gasteiger partial charge >= 0.3 is 11.9 Å². The van der Waals surface area contributed by atoms with E-state index >= 15 is 0 Å². The number of benzene rings is 2. The maximum absolute atomic E-state index is 13.9. The van der Waals surface area contributed by atoms with Gasteiger partial charge in [0.1, 0.15) is 26.6 Å². The van der Waals surface area contributed by atoms with Gasteiger partial charge in [0.15, 0.2) is 11.5 Å². The van der Waals surface area contributed by atoms with Crippen LogP contribution in [0.4, 0.5) is 0 Å². The Balaban J connectivity index is 1.52.